The van der Waals surface area contributed by atoms with Crippen molar-refractivity contribution in [3.05, 3.63) is 74.8 Å². The number of nitro groups is 1. The van der Waals surface area contributed by atoms with E-state index >= 15 is 0 Å². The van der Waals surface area contributed by atoms with Gasteiger partial charge in [-0.05, 0) is 41.7 Å². The first-order valence-corrected chi connectivity index (χ1v) is 8.10. The van der Waals surface area contributed by atoms with E-state index in [0.29, 0.717) is 17.2 Å². The van der Waals surface area contributed by atoms with E-state index in [1.807, 2.05) is 30.3 Å². The minimum absolute atomic E-state index is 0.0416. The highest BCUT2D eigenvalue weighted by molar-refractivity contribution is 6.10. The molecule has 2 aromatic carbocycles. The van der Waals surface area contributed by atoms with Crippen LogP contribution in [0, 0.1) is 28.4 Å². The molecule has 2 aromatic rings. The van der Waals surface area contributed by atoms with E-state index in [-0.39, 0.29) is 11.3 Å². The van der Waals surface area contributed by atoms with Crippen LogP contribution in [0.25, 0.3) is 6.08 Å². The van der Waals surface area contributed by atoms with Crippen molar-refractivity contribution in [1.82, 2.24) is 0 Å². The summed E-state index contributed by atoms with van der Waals surface area (Å²) in [7, 11) is 0. The van der Waals surface area contributed by atoms with Gasteiger partial charge in [0.15, 0.2) is 0 Å². The highest BCUT2D eigenvalue weighted by atomic mass is 16.6. The number of nitrogens with zero attached hydrogens (tertiary/aromatic N) is 2. The fraction of sp³-hybridized carbons (Fsp3) is 0.200. The first kappa shape index (κ1) is 18.9. The molecule has 0 bridgehead atoms. The number of carbonyl (C=O) groups excluding carboxylic acids is 1. The van der Waals surface area contributed by atoms with Gasteiger partial charge in [0.25, 0.3) is 11.6 Å². The van der Waals surface area contributed by atoms with Crippen LogP contribution in [0.15, 0.2) is 48.0 Å². The van der Waals surface area contributed by atoms with Crippen molar-refractivity contribution in [2.75, 3.05) is 5.32 Å². The number of nitrogens with one attached hydrogen (secondary N) is 1. The Hall–Kier alpha value is -3.46. The zero-order chi connectivity index (χ0) is 19.3. The largest absolute Gasteiger partial charge is 0.321 e. The molecule has 0 unspecified atom stereocenters. The van der Waals surface area contributed by atoms with Crippen LogP contribution in [0.2, 0.25) is 0 Å². The Morgan fingerprint density at radius 3 is 2.38 bits per heavy atom. The monoisotopic (exact) mass is 349 g/mol. The molecule has 0 saturated heterocycles. The van der Waals surface area contributed by atoms with Crippen LogP contribution in [0.3, 0.4) is 0 Å². The van der Waals surface area contributed by atoms with Crippen LogP contribution in [0.5, 0.6) is 0 Å². The topological polar surface area (TPSA) is 96.0 Å². The van der Waals surface area contributed by atoms with Crippen molar-refractivity contribution in [1.29, 1.82) is 5.26 Å². The summed E-state index contributed by atoms with van der Waals surface area (Å²) < 4.78 is 0. The Morgan fingerprint density at radius 2 is 1.88 bits per heavy atom. The second-order valence-electron chi connectivity index (χ2n) is 6.20. The van der Waals surface area contributed by atoms with Gasteiger partial charge in [0.2, 0.25) is 0 Å². The number of aryl methyl sites for hydroxylation is 1. The molecule has 0 aliphatic heterocycles. The van der Waals surface area contributed by atoms with Gasteiger partial charge < -0.3 is 5.32 Å². The molecule has 26 heavy (non-hydrogen) atoms. The Labute approximate surface area is 151 Å². The molecule has 1 N–H and O–H groups in total. The summed E-state index contributed by atoms with van der Waals surface area (Å²) in [6, 6.07) is 13.7. The number of rotatable bonds is 5. The number of nitriles is 1. The molecule has 1 amide bonds. The summed E-state index contributed by atoms with van der Waals surface area (Å²) in [5.41, 5.74) is 2.80. The van der Waals surface area contributed by atoms with Gasteiger partial charge in [-0.1, -0.05) is 38.1 Å². The molecule has 0 heterocycles. The normalized spacial score (nSPS) is 11.1. The van der Waals surface area contributed by atoms with E-state index in [1.54, 1.807) is 6.92 Å². The maximum Gasteiger partial charge on any atom is 0.269 e. The Bertz CT molecular complexity index is 907. The number of hydrogen-bond donors (Lipinski definition) is 1. The fourth-order valence-corrected chi connectivity index (χ4v) is 2.38. The summed E-state index contributed by atoms with van der Waals surface area (Å²) in [5, 5.41) is 22.7. The minimum atomic E-state index is -0.558. The van der Waals surface area contributed by atoms with E-state index in [4.69, 9.17) is 0 Å². The van der Waals surface area contributed by atoms with Crippen molar-refractivity contribution < 1.29 is 9.72 Å². The highest BCUT2D eigenvalue weighted by Gasteiger charge is 2.13. The van der Waals surface area contributed by atoms with Crippen molar-refractivity contribution in [2.24, 2.45) is 0 Å². The van der Waals surface area contributed by atoms with Crippen molar-refractivity contribution >= 4 is 23.4 Å². The average Bonchev–Trinajstić information content (AvgIpc) is 2.61. The summed E-state index contributed by atoms with van der Waals surface area (Å²) in [5.74, 6) is -0.158. The van der Waals surface area contributed by atoms with Crippen LogP contribution in [0.1, 0.15) is 36.5 Å². The third-order valence-corrected chi connectivity index (χ3v) is 3.95. The first-order valence-electron chi connectivity index (χ1n) is 8.10. The van der Waals surface area contributed by atoms with Gasteiger partial charge in [-0.15, -0.1) is 0 Å². The molecular formula is C20H19N3O3. The average molecular weight is 349 g/mol. The van der Waals surface area contributed by atoms with Crippen LogP contribution >= 0.6 is 0 Å². The number of non-ortho nitro benzene ring substituents is 1. The Morgan fingerprint density at radius 1 is 1.23 bits per heavy atom. The number of anilines is 1. The lowest BCUT2D eigenvalue weighted by atomic mass is 10.0. The molecule has 0 aliphatic rings. The van der Waals surface area contributed by atoms with Crippen LogP contribution < -0.4 is 5.32 Å². The number of hydrogen-bond acceptors (Lipinski definition) is 4. The van der Waals surface area contributed by atoms with Gasteiger partial charge in [-0.2, -0.15) is 5.26 Å². The molecule has 6 nitrogen and oxygen atoms in total. The van der Waals surface area contributed by atoms with E-state index in [1.165, 1.54) is 29.8 Å². The van der Waals surface area contributed by atoms with E-state index in [2.05, 4.69) is 19.2 Å². The summed E-state index contributed by atoms with van der Waals surface area (Å²) in [6.07, 6.45) is 1.51. The number of carbonyl (C=O) groups is 1. The Kier molecular flexibility index (Phi) is 5.86. The standard InChI is InChI=1S/C20H19N3O3/c1-13(2)16-6-4-15(5-7-16)11-17(12-21)20(24)22-19-9-8-18(23(25)26)10-14(19)3/h4-11,13H,1-3H3,(H,22,24)/b17-11+. The first-order chi connectivity index (χ1) is 12.3. The van der Waals surface area contributed by atoms with Gasteiger partial charge in [0.1, 0.15) is 11.6 Å². The van der Waals surface area contributed by atoms with Gasteiger partial charge >= 0.3 is 0 Å². The molecular weight excluding hydrogens is 330 g/mol. The summed E-state index contributed by atoms with van der Waals surface area (Å²) >= 11 is 0. The summed E-state index contributed by atoms with van der Waals surface area (Å²) in [4.78, 5) is 22.6. The molecule has 0 fully saturated rings. The quantitative estimate of drug-likeness (QED) is 0.370. The second-order valence-corrected chi connectivity index (χ2v) is 6.20. The molecule has 132 valence electrons. The van der Waals surface area contributed by atoms with Crippen molar-refractivity contribution in [3.8, 4) is 6.07 Å². The molecule has 0 aromatic heterocycles. The Balaban J connectivity index is 2.21. The van der Waals surface area contributed by atoms with Crippen molar-refractivity contribution in [3.63, 3.8) is 0 Å². The molecule has 2 rings (SSSR count). The number of nitro benzene ring substituents is 1. The van der Waals surface area contributed by atoms with Crippen LogP contribution in [-0.4, -0.2) is 10.8 Å². The van der Waals surface area contributed by atoms with Gasteiger partial charge in [0.05, 0.1) is 4.92 Å². The SMILES string of the molecule is Cc1cc([N+](=O)[O-])ccc1NC(=O)/C(C#N)=C/c1ccc(C(C)C)cc1. The molecule has 0 saturated carbocycles. The van der Waals surface area contributed by atoms with Gasteiger partial charge in [-0.3, -0.25) is 14.9 Å². The highest BCUT2D eigenvalue weighted by Crippen LogP contribution is 2.22. The zero-order valence-electron chi connectivity index (χ0n) is 14.8. The third kappa shape index (κ3) is 4.54. The molecule has 0 radical (unpaired) electrons. The van der Waals surface area contributed by atoms with Crippen molar-refractivity contribution in [2.45, 2.75) is 26.7 Å². The molecule has 0 atom stereocenters. The molecule has 0 aliphatic carbocycles. The van der Waals surface area contributed by atoms with Crippen LogP contribution in [-0.2, 0) is 4.79 Å². The lowest BCUT2D eigenvalue weighted by Gasteiger charge is -2.08. The molecule has 6 heteroatoms. The van der Waals surface area contributed by atoms with E-state index in [0.717, 1.165) is 5.56 Å². The maximum absolute atomic E-state index is 12.4. The zero-order valence-corrected chi connectivity index (χ0v) is 14.8. The third-order valence-electron chi connectivity index (χ3n) is 3.95. The van der Waals surface area contributed by atoms with E-state index < -0.39 is 10.8 Å². The predicted molar refractivity (Wildman–Crippen MR) is 101 cm³/mol. The van der Waals surface area contributed by atoms with Gasteiger partial charge in [0, 0.05) is 17.8 Å². The number of amides is 1. The second kappa shape index (κ2) is 8.08. The lowest BCUT2D eigenvalue weighted by Crippen LogP contribution is -2.14. The smallest absolute Gasteiger partial charge is 0.269 e. The predicted octanol–water partition coefficient (Wildman–Crippen LogP) is 4.57. The lowest BCUT2D eigenvalue weighted by molar-refractivity contribution is -0.384. The van der Waals surface area contributed by atoms with E-state index in [9.17, 15) is 20.2 Å². The number of benzene rings is 2. The van der Waals surface area contributed by atoms with Crippen LogP contribution in [0.4, 0.5) is 11.4 Å². The fourth-order valence-electron chi connectivity index (χ4n) is 2.38. The van der Waals surface area contributed by atoms with Gasteiger partial charge in [-0.25, -0.2) is 0 Å². The maximum atomic E-state index is 12.4. The minimum Gasteiger partial charge on any atom is -0.321 e. The molecule has 0 spiro atoms. The summed E-state index contributed by atoms with van der Waals surface area (Å²) in [6.45, 7) is 5.83.